The molecule has 0 atom stereocenters. The second-order valence-electron chi connectivity index (χ2n) is 2.49. The summed E-state index contributed by atoms with van der Waals surface area (Å²) < 4.78 is 10.2. The summed E-state index contributed by atoms with van der Waals surface area (Å²) in [5.41, 5.74) is 0.800. The quantitative estimate of drug-likeness (QED) is 0.611. The van der Waals surface area contributed by atoms with Crippen LogP contribution in [-0.4, -0.2) is 11.9 Å². The Morgan fingerprint density at radius 3 is 2.64 bits per heavy atom. The van der Waals surface area contributed by atoms with E-state index in [1.54, 1.807) is 12.1 Å². The highest BCUT2D eigenvalue weighted by atomic mass is 16.7. The van der Waals surface area contributed by atoms with Crippen LogP contribution in [0.25, 0.3) is 0 Å². The van der Waals surface area contributed by atoms with E-state index in [1.807, 2.05) is 6.92 Å². The smallest absolute Gasteiger partial charge is 0.231 e. The van der Waals surface area contributed by atoms with Gasteiger partial charge in [0.15, 0.2) is 11.5 Å². The van der Waals surface area contributed by atoms with Crippen LogP contribution in [-0.2, 0) is 0 Å². The van der Waals surface area contributed by atoms with Crippen molar-refractivity contribution in [2.24, 2.45) is 0 Å². The Labute approximate surface area is 64.2 Å². The van der Waals surface area contributed by atoms with Gasteiger partial charge in [-0.2, -0.15) is 0 Å². The molecule has 0 saturated carbocycles. The fraction of sp³-hybridized carbons (Fsp3) is 0.250. The first kappa shape index (κ1) is 6.34. The monoisotopic (exact) mass is 152 g/mol. The van der Waals surface area contributed by atoms with Crippen molar-refractivity contribution in [3.63, 3.8) is 0 Å². The maximum absolute atomic E-state index is 9.25. The number of hydrogen-bond acceptors (Lipinski definition) is 3. The first-order valence-electron chi connectivity index (χ1n) is 3.36. The van der Waals surface area contributed by atoms with Crippen molar-refractivity contribution in [1.29, 1.82) is 0 Å². The Hall–Kier alpha value is -1.38. The molecular formula is C8H8O3. The summed E-state index contributed by atoms with van der Waals surface area (Å²) in [4.78, 5) is 0. The molecule has 1 aliphatic rings. The first-order valence-corrected chi connectivity index (χ1v) is 3.36. The van der Waals surface area contributed by atoms with Gasteiger partial charge in [0, 0.05) is 6.07 Å². The minimum absolute atomic E-state index is 0.245. The highest BCUT2D eigenvalue weighted by Gasteiger charge is 2.14. The zero-order chi connectivity index (χ0) is 7.84. The second-order valence-corrected chi connectivity index (χ2v) is 2.49. The Morgan fingerprint density at radius 2 is 1.91 bits per heavy atom. The van der Waals surface area contributed by atoms with Gasteiger partial charge in [-0.25, -0.2) is 0 Å². The number of ether oxygens (including phenoxy) is 2. The Balaban J connectivity index is 2.57. The standard InChI is InChI=1S/C8H8O3/c1-5-2-7-8(3-6(5)9)11-4-10-7/h2-3,9H,4H2,1H3. The molecule has 0 radical (unpaired) electrons. The van der Waals surface area contributed by atoms with E-state index in [4.69, 9.17) is 9.47 Å². The lowest BCUT2D eigenvalue weighted by Gasteiger charge is -1.99. The van der Waals surface area contributed by atoms with Gasteiger partial charge in [0.05, 0.1) is 0 Å². The zero-order valence-corrected chi connectivity index (χ0v) is 6.13. The van der Waals surface area contributed by atoms with E-state index in [1.165, 1.54) is 0 Å². The molecule has 1 N–H and O–H groups in total. The summed E-state index contributed by atoms with van der Waals surface area (Å²) >= 11 is 0. The highest BCUT2D eigenvalue weighted by Crippen LogP contribution is 2.36. The largest absolute Gasteiger partial charge is 0.508 e. The normalized spacial score (nSPS) is 13.5. The molecule has 0 spiro atoms. The van der Waals surface area contributed by atoms with Crippen LogP contribution in [0.4, 0.5) is 0 Å². The Morgan fingerprint density at radius 1 is 1.27 bits per heavy atom. The van der Waals surface area contributed by atoms with Gasteiger partial charge in [0.1, 0.15) is 5.75 Å². The third kappa shape index (κ3) is 0.888. The number of benzene rings is 1. The maximum Gasteiger partial charge on any atom is 0.231 e. The van der Waals surface area contributed by atoms with Crippen molar-refractivity contribution in [2.75, 3.05) is 6.79 Å². The average Bonchev–Trinajstić information content (AvgIpc) is 2.36. The summed E-state index contributed by atoms with van der Waals surface area (Å²) in [6.45, 7) is 2.06. The molecule has 1 heterocycles. The molecule has 3 heteroatoms. The van der Waals surface area contributed by atoms with Gasteiger partial charge in [-0.05, 0) is 18.6 Å². The van der Waals surface area contributed by atoms with Gasteiger partial charge in [0.25, 0.3) is 0 Å². The van der Waals surface area contributed by atoms with Crippen LogP contribution in [0.1, 0.15) is 5.56 Å². The minimum atomic E-state index is 0.245. The van der Waals surface area contributed by atoms with E-state index in [9.17, 15) is 5.11 Å². The van der Waals surface area contributed by atoms with Gasteiger partial charge < -0.3 is 14.6 Å². The topological polar surface area (TPSA) is 38.7 Å². The number of phenols is 1. The Kier molecular flexibility index (Phi) is 1.18. The van der Waals surface area contributed by atoms with Crippen LogP contribution in [0.3, 0.4) is 0 Å². The van der Waals surface area contributed by atoms with Crippen molar-refractivity contribution >= 4 is 0 Å². The lowest BCUT2D eigenvalue weighted by Crippen LogP contribution is -1.92. The van der Waals surface area contributed by atoms with Crippen LogP contribution in [0, 0.1) is 6.92 Å². The molecule has 1 aromatic carbocycles. The van der Waals surface area contributed by atoms with Gasteiger partial charge in [-0.15, -0.1) is 0 Å². The molecule has 0 amide bonds. The molecule has 0 bridgehead atoms. The molecule has 1 aliphatic heterocycles. The molecule has 3 nitrogen and oxygen atoms in total. The summed E-state index contributed by atoms with van der Waals surface area (Å²) in [6.07, 6.45) is 0. The maximum atomic E-state index is 9.25. The first-order chi connectivity index (χ1) is 5.27. The molecule has 0 aromatic heterocycles. The van der Waals surface area contributed by atoms with Crippen molar-refractivity contribution in [2.45, 2.75) is 6.92 Å². The summed E-state index contributed by atoms with van der Waals surface area (Å²) in [5.74, 6) is 1.57. The van der Waals surface area contributed by atoms with Gasteiger partial charge >= 0.3 is 0 Å². The molecule has 58 valence electrons. The Bertz CT molecular complexity index is 265. The number of phenolic OH excluding ortho intramolecular Hbond substituents is 1. The summed E-state index contributed by atoms with van der Waals surface area (Å²) in [7, 11) is 0. The second kappa shape index (κ2) is 2.05. The van der Waals surface area contributed by atoms with E-state index in [2.05, 4.69) is 0 Å². The third-order valence-corrected chi connectivity index (χ3v) is 1.69. The van der Waals surface area contributed by atoms with Crippen molar-refractivity contribution in [3.05, 3.63) is 17.7 Å². The van der Waals surface area contributed by atoms with Gasteiger partial charge in [-0.3, -0.25) is 0 Å². The van der Waals surface area contributed by atoms with E-state index in [-0.39, 0.29) is 12.5 Å². The fourth-order valence-electron chi connectivity index (χ4n) is 1.03. The molecule has 0 aliphatic carbocycles. The van der Waals surface area contributed by atoms with E-state index < -0.39 is 0 Å². The van der Waals surface area contributed by atoms with E-state index in [0.29, 0.717) is 11.5 Å². The van der Waals surface area contributed by atoms with Crippen LogP contribution in [0.15, 0.2) is 12.1 Å². The van der Waals surface area contributed by atoms with Crippen molar-refractivity contribution in [3.8, 4) is 17.2 Å². The molecule has 0 saturated heterocycles. The number of rotatable bonds is 0. The molecule has 0 unspecified atom stereocenters. The van der Waals surface area contributed by atoms with Crippen molar-refractivity contribution < 1.29 is 14.6 Å². The summed E-state index contributed by atoms with van der Waals surface area (Å²) in [6, 6.07) is 3.33. The molecule has 2 rings (SSSR count). The number of aromatic hydroxyl groups is 1. The highest BCUT2D eigenvalue weighted by molar-refractivity contribution is 5.50. The van der Waals surface area contributed by atoms with Gasteiger partial charge in [-0.1, -0.05) is 0 Å². The lowest BCUT2D eigenvalue weighted by atomic mass is 10.2. The van der Waals surface area contributed by atoms with E-state index in [0.717, 1.165) is 5.56 Å². The molecular weight excluding hydrogens is 144 g/mol. The molecule has 1 aromatic rings. The van der Waals surface area contributed by atoms with Crippen LogP contribution < -0.4 is 9.47 Å². The molecule has 0 fully saturated rings. The predicted octanol–water partition coefficient (Wildman–Crippen LogP) is 1.43. The number of fused-ring (bicyclic) bond motifs is 1. The van der Waals surface area contributed by atoms with Crippen LogP contribution in [0.2, 0.25) is 0 Å². The lowest BCUT2D eigenvalue weighted by molar-refractivity contribution is 0.174. The minimum Gasteiger partial charge on any atom is -0.508 e. The molecule has 11 heavy (non-hydrogen) atoms. The van der Waals surface area contributed by atoms with Crippen molar-refractivity contribution in [1.82, 2.24) is 0 Å². The van der Waals surface area contributed by atoms with Crippen LogP contribution >= 0.6 is 0 Å². The SMILES string of the molecule is Cc1cc2c(cc1O)OCO2. The number of aryl methyl sites for hydroxylation is 1. The number of hydrogen-bond donors (Lipinski definition) is 1. The fourth-order valence-corrected chi connectivity index (χ4v) is 1.03. The predicted molar refractivity (Wildman–Crippen MR) is 39.0 cm³/mol. The van der Waals surface area contributed by atoms with Crippen LogP contribution in [0.5, 0.6) is 17.2 Å². The zero-order valence-electron chi connectivity index (χ0n) is 6.13. The third-order valence-electron chi connectivity index (χ3n) is 1.69. The average molecular weight is 152 g/mol. The van der Waals surface area contributed by atoms with E-state index >= 15 is 0 Å². The van der Waals surface area contributed by atoms with Gasteiger partial charge in [0.2, 0.25) is 6.79 Å². The summed E-state index contributed by atoms with van der Waals surface area (Å²) in [5, 5.41) is 9.25.